The lowest BCUT2D eigenvalue weighted by Crippen LogP contribution is -2.58. The van der Waals surface area contributed by atoms with E-state index in [2.05, 4.69) is 17.8 Å². The minimum absolute atomic E-state index is 0.0443. The molecule has 0 bridgehead atoms. The van der Waals surface area contributed by atoms with Crippen molar-refractivity contribution in [2.75, 3.05) is 26.2 Å². The van der Waals surface area contributed by atoms with E-state index in [1.807, 2.05) is 54.6 Å². The molecule has 2 saturated heterocycles. The number of imide groups is 1. The SMILES string of the molecule is CCCCOc1ccc(C2CC(C(=O)N3CC(=O)N(CCc4ccccc4)C(=O)C3)NN2)cc1. The molecule has 4 rings (SSSR count). The summed E-state index contributed by atoms with van der Waals surface area (Å²) in [6.07, 6.45) is 3.24. The largest absolute Gasteiger partial charge is 0.494 e. The first-order valence-corrected chi connectivity index (χ1v) is 11.9. The fourth-order valence-corrected chi connectivity index (χ4v) is 4.27. The van der Waals surface area contributed by atoms with Crippen LogP contribution in [-0.2, 0) is 20.8 Å². The summed E-state index contributed by atoms with van der Waals surface area (Å²) in [5.74, 6) is -0.0692. The van der Waals surface area contributed by atoms with Crippen molar-refractivity contribution >= 4 is 17.7 Å². The zero-order valence-corrected chi connectivity index (χ0v) is 19.5. The van der Waals surface area contributed by atoms with E-state index in [0.29, 0.717) is 26.0 Å². The lowest BCUT2D eigenvalue weighted by molar-refractivity contribution is -0.157. The van der Waals surface area contributed by atoms with Crippen LogP contribution in [0.3, 0.4) is 0 Å². The van der Waals surface area contributed by atoms with Gasteiger partial charge in [0.05, 0.1) is 6.61 Å². The van der Waals surface area contributed by atoms with Gasteiger partial charge in [0, 0.05) is 12.6 Å². The molecular formula is C26H32N4O4. The Labute approximate surface area is 200 Å². The number of benzene rings is 2. The summed E-state index contributed by atoms with van der Waals surface area (Å²) in [5, 5.41) is 0. The Hall–Kier alpha value is -3.23. The molecule has 180 valence electrons. The first kappa shape index (κ1) is 23.9. The van der Waals surface area contributed by atoms with Gasteiger partial charge in [-0.25, -0.2) is 10.9 Å². The third kappa shape index (κ3) is 5.81. The Kier molecular flexibility index (Phi) is 7.92. The molecule has 0 saturated carbocycles. The fraction of sp³-hybridized carbons (Fsp3) is 0.423. The summed E-state index contributed by atoms with van der Waals surface area (Å²) in [5.41, 5.74) is 8.31. The lowest BCUT2D eigenvalue weighted by atomic mass is 10.0. The molecule has 2 aliphatic heterocycles. The van der Waals surface area contributed by atoms with Gasteiger partial charge in [-0.2, -0.15) is 0 Å². The van der Waals surface area contributed by atoms with Crippen molar-refractivity contribution in [2.45, 2.75) is 44.7 Å². The molecule has 0 aliphatic carbocycles. The summed E-state index contributed by atoms with van der Waals surface area (Å²) in [6.45, 7) is 3.00. The molecule has 2 aromatic carbocycles. The molecule has 2 atom stereocenters. The second-order valence-corrected chi connectivity index (χ2v) is 8.77. The third-order valence-electron chi connectivity index (χ3n) is 6.28. The fourth-order valence-electron chi connectivity index (χ4n) is 4.27. The summed E-state index contributed by atoms with van der Waals surface area (Å²) < 4.78 is 5.71. The van der Waals surface area contributed by atoms with Gasteiger partial charge in [0.2, 0.25) is 17.7 Å². The number of ether oxygens (including phenoxy) is 1. The van der Waals surface area contributed by atoms with Gasteiger partial charge >= 0.3 is 0 Å². The van der Waals surface area contributed by atoms with E-state index >= 15 is 0 Å². The molecule has 2 N–H and O–H groups in total. The zero-order chi connectivity index (χ0) is 23.9. The van der Waals surface area contributed by atoms with E-state index in [-0.39, 0.29) is 36.9 Å². The van der Waals surface area contributed by atoms with Crippen LogP contribution in [-0.4, -0.2) is 59.8 Å². The molecule has 2 aromatic rings. The molecule has 34 heavy (non-hydrogen) atoms. The van der Waals surface area contributed by atoms with Crippen LogP contribution in [0.2, 0.25) is 0 Å². The van der Waals surface area contributed by atoms with Crippen LogP contribution in [0.1, 0.15) is 43.4 Å². The number of unbranched alkanes of at least 4 members (excludes halogenated alkanes) is 1. The van der Waals surface area contributed by atoms with Crippen LogP contribution in [0.15, 0.2) is 54.6 Å². The predicted octanol–water partition coefficient (Wildman–Crippen LogP) is 2.21. The monoisotopic (exact) mass is 464 g/mol. The topological polar surface area (TPSA) is 91.0 Å². The van der Waals surface area contributed by atoms with Crippen LogP contribution < -0.4 is 15.6 Å². The van der Waals surface area contributed by atoms with Gasteiger partial charge in [-0.3, -0.25) is 19.3 Å². The number of hydrogen-bond donors (Lipinski definition) is 2. The van der Waals surface area contributed by atoms with Gasteiger partial charge in [-0.05, 0) is 42.5 Å². The van der Waals surface area contributed by atoms with Gasteiger partial charge in [0.1, 0.15) is 24.9 Å². The number of piperazine rings is 1. The van der Waals surface area contributed by atoms with E-state index < -0.39 is 6.04 Å². The minimum Gasteiger partial charge on any atom is -0.494 e. The van der Waals surface area contributed by atoms with Gasteiger partial charge < -0.3 is 9.64 Å². The molecule has 8 heteroatoms. The second kappa shape index (κ2) is 11.3. The Morgan fingerprint density at radius 3 is 2.38 bits per heavy atom. The van der Waals surface area contributed by atoms with E-state index in [0.717, 1.165) is 29.7 Å². The number of carbonyl (C=O) groups excluding carboxylic acids is 3. The molecule has 0 radical (unpaired) electrons. The maximum atomic E-state index is 13.0. The van der Waals surface area contributed by atoms with Crippen LogP contribution in [0, 0.1) is 0 Å². The first-order valence-electron chi connectivity index (χ1n) is 11.9. The number of nitrogens with zero attached hydrogens (tertiary/aromatic N) is 2. The van der Waals surface area contributed by atoms with Gasteiger partial charge in [0.15, 0.2) is 0 Å². The van der Waals surface area contributed by atoms with Crippen molar-refractivity contribution in [3.63, 3.8) is 0 Å². The molecule has 2 fully saturated rings. The highest BCUT2D eigenvalue weighted by Crippen LogP contribution is 2.25. The second-order valence-electron chi connectivity index (χ2n) is 8.77. The Morgan fingerprint density at radius 2 is 1.71 bits per heavy atom. The van der Waals surface area contributed by atoms with E-state index in [9.17, 15) is 14.4 Å². The van der Waals surface area contributed by atoms with Crippen LogP contribution in [0.5, 0.6) is 5.75 Å². The highest BCUT2D eigenvalue weighted by Gasteiger charge is 2.38. The Bertz CT molecular complexity index is 978. The van der Waals surface area contributed by atoms with E-state index in [1.54, 1.807) is 0 Å². The number of hydrogen-bond acceptors (Lipinski definition) is 6. The van der Waals surface area contributed by atoms with Gasteiger partial charge in [-0.1, -0.05) is 55.8 Å². The highest BCUT2D eigenvalue weighted by molar-refractivity contribution is 6.03. The number of nitrogens with one attached hydrogen (secondary N) is 2. The molecule has 0 spiro atoms. The smallest absolute Gasteiger partial charge is 0.248 e. The maximum absolute atomic E-state index is 13.0. The molecule has 2 aliphatic rings. The van der Waals surface area contributed by atoms with Crippen molar-refractivity contribution in [2.24, 2.45) is 0 Å². The van der Waals surface area contributed by atoms with Crippen molar-refractivity contribution in [1.29, 1.82) is 0 Å². The van der Waals surface area contributed by atoms with Crippen LogP contribution in [0.25, 0.3) is 0 Å². The summed E-state index contributed by atoms with van der Waals surface area (Å²) in [4.78, 5) is 40.9. The zero-order valence-electron chi connectivity index (χ0n) is 19.5. The Balaban J connectivity index is 1.28. The summed E-state index contributed by atoms with van der Waals surface area (Å²) in [7, 11) is 0. The Morgan fingerprint density at radius 1 is 1.00 bits per heavy atom. The minimum atomic E-state index is -0.498. The van der Waals surface area contributed by atoms with E-state index in [1.165, 1.54) is 9.80 Å². The van der Waals surface area contributed by atoms with Crippen molar-refractivity contribution in [3.8, 4) is 5.75 Å². The lowest BCUT2D eigenvalue weighted by Gasteiger charge is -2.33. The molecule has 3 amide bonds. The van der Waals surface area contributed by atoms with Crippen molar-refractivity contribution in [1.82, 2.24) is 20.7 Å². The van der Waals surface area contributed by atoms with Gasteiger partial charge in [-0.15, -0.1) is 0 Å². The highest BCUT2D eigenvalue weighted by atomic mass is 16.5. The average Bonchev–Trinajstić information content (AvgIpc) is 3.34. The van der Waals surface area contributed by atoms with Gasteiger partial charge in [0.25, 0.3) is 0 Å². The average molecular weight is 465 g/mol. The predicted molar refractivity (Wildman–Crippen MR) is 128 cm³/mol. The van der Waals surface area contributed by atoms with Crippen LogP contribution in [0.4, 0.5) is 0 Å². The third-order valence-corrected chi connectivity index (χ3v) is 6.28. The first-order chi connectivity index (χ1) is 16.5. The molecule has 2 heterocycles. The summed E-state index contributed by atoms with van der Waals surface area (Å²) in [6, 6.07) is 17.0. The maximum Gasteiger partial charge on any atom is 0.248 e. The standard InChI is InChI=1S/C26H32N4O4/c1-2-3-15-34-21-11-9-20(10-12-21)22-16-23(28-27-22)26(33)29-17-24(31)30(25(32)18-29)14-13-19-7-5-4-6-8-19/h4-12,22-23,27-28H,2-3,13-18H2,1H3. The molecule has 2 unspecified atom stereocenters. The van der Waals surface area contributed by atoms with Crippen molar-refractivity contribution < 1.29 is 19.1 Å². The normalized spacial score (nSPS) is 20.6. The molecular weight excluding hydrogens is 432 g/mol. The van der Waals surface area contributed by atoms with Crippen LogP contribution >= 0.6 is 0 Å². The number of hydrazine groups is 1. The van der Waals surface area contributed by atoms with E-state index in [4.69, 9.17) is 4.74 Å². The summed E-state index contributed by atoms with van der Waals surface area (Å²) >= 11 is 0. The van der Waals surface area contributed by atoms with Crippen molar-refractivity contribution in [3.05, 3.63) is 65.7 Å². The number of carbonyl (C=O) groups is 3. The molecule has 8 nitrogen and oxygen atoms in total. The number of amides is 3. The quantitative estimate of drug-likeness (QED) is 0.437. The number of rotatable bonds is 9. The molecule has 0 aromatic heterocycles.